The van der Waals surface area contributed by atoms with E-state index in [0.29, 0.717) is 11.8 Å². The first-order valence-corrected chi connectivity index (χ1v) is 11.5. The fourth-order valence-electron chi connectivity index (χ4n) is 4.22. The zero-order chi connectivity index (χ0) is 19.6. The van der Waals surface area contributed by atoms with Crippen molar-refractivity contribution in [2.24, 2.45) is 10.9 Å². The van der Waals surface area contributed by atoms with Gasteiger partial charge in [0.25, 0.3) is 0 Å². The summed E-state index contributed by atoms with van der Waals surface area (Å²) in [5.74, 6) is 1.66. The van der Waals surface area contributed by atoms with E-state index >= 15 is 0 Å². The summed E-state index contributed by atoms with van der Waals surface area (Å²) < 4.78 is 0. The molecule has 0 atom stereocenters. The molecular weight excluding hydrogens is 477 g/mol. The Balaban J connectivity index is 0.00000300. The molecular formula is C22H40IN5O. The summed E-state index contributed by atoms with van der Waals surface area (Å²) in [6.07, 6.45) is 12.2. The largest absolute Gasteiger partial charge is 0.357 e. The summed E-state index contributed by atoms with van der Waals surface area (Å²) in [5, 5.41) is 6.83. The van der Waals surface area contributed by atoms with Crippen LogP contribution in [0.5, 0.6) is 0 Å². The Labute approximate surface area is 194 Å². The molecule has 0 spiro atoms. The highest BCUT2D eigenvalue weighted by molar-refractivity contribution is 14.0. The Morgan fingerprint density at radius 1 is 1.14 bits per heavy atom. The van der Waals surface area contributed by atoms with Gasteiger partial charge in [-0.25, -0.2) is 0 Å². The number of guanidine groups is 1. The number of carbonyl (C=O) groups is 1. The zero-order valence-electron chi connectivity index (χ0n) is 18.1. The third-order valence-corrected chi connectivity index (χ3v) is 6.29. The molecule has 0 aromatic carbocycles. The lowest BCUT2D eigenvalue weighted by molar-refractivity contribution is -0.139. The van der Waals surface area contributed by atoms with E-state index in [1.54, 1.807) is 5.57 Å². The van der Waals surface area contributed by atoms with Gasteiger partial charge in [0, 0.05) is 51.7 Å². The number of halogens is 1. The minimum Gasteiger partial charge on any atom is -0.357 e. The predicted molar refractivity (Wildman–Crippen MR) is 131 cm³/mol. The van der Waals surface area contributed by atoms with E-state index in [1.165, 1.54) is 32.1 Å². The molecule has 2 fully saturated rings. The number of aliphatic imine (C=N–C) groups is 1. The van der Waals surface area contributed by atoms with E-state index in [4.69, 9.17) is 4.99 Å². The standard InChI is InChI=1S/C22H39N5O.HI/c1-2-23-22(24-12-11-19-7-4-3-5-8-19)25-13-14-26-15-17-27(18-16-26)21(28)20-9-6-10-20;/h7,20H,2-6,8-18H2,1H3,(H2,23,24,25);1H. The van der Waals surface area contributed by atoms with Gasteiger partial charge in [0.1, 0.15) is 0 Å². The monoisotopic (exact) mass is 517 g/mol. The van der Waals surface area contributed by atoms with Gasteiger partial charge in [-0.05, 0) is 51.9 Å². The van der Waals surface area contributed by atoms with Crippen LogP contribution in [0.3, 0.4) is 0 Å². The predicted octanol–water partition coefficient (Wildman–Crippen LogP) is 2.99. The number of nitrogens with one attached hydrogen (secondary N) is 2. The van der Waals surface area contributed by atoms with E-state index in [0.717, 1.165) is 77.6 Å². The third kappa shape index (κ3) is 8.07. The SMILES string of the molecule is CCNC(=NCCN1CCN(C(=O)C2CCC2)CC1)NCCC1=CCCCC1.I. The molecule has 1 aliphatic heterocycles. The van der Waals surface area contributed by atoms with E-state index in [-0.39, 0.29) is 24.0 Å². The van der Waals surface area contributed by atoms with Crippen molar-refractivity contribution >= 4 is 35.8 Å². The fraction of sp³-hybridized carbons (Fsp3) is 0.818. The van der Waals surface area contributed by atoms with Crippen molar-refractivity contribution in [3.05, 3.63) is 11.6 Å². The van der Waals surface area contributed by atoms with Crippen molar-refractivity contribution in [3.63, 3.8) is 0 Å². The van der Waals surface area contributed by atoms with Crippen LogP contribution in [-0.2, 0) is 4.79 Å². The van der Waals surface area contributed by atoms with E-state index in [2.05, 4.69) is 33.4 Å². The fourth-order valence-corrected chi connectivity index (χ4v) is 4.22. The molecule has 0 aromatic rings. The maximum Gasteiger partial charge on any atom is 0.225 e. The van der Waals surface area contributed by atoms with Gasteiger partial charge in [0.15, 0.2) is 5.96 Å². The van der Waals surface area contributed by atoms with Gasteiger partial charge in [0.2, 0.25) is 5.91 Å². The number of hydrogen-bond donors (Lipinski definition) is 2. The Bertz CT molecular complexity index is 553. The molecule has 1 amide bonds. The molecule has 2 N–H and O–H groups in total. The van der Waals surface area contributed by atoms with Gasteiger partial charge >= 0.3 is 0 Å². The highest BCUT2D eigenvalue weighted by atomic mass is 127. The van der Waals surface area contributed by atoms with Crippen LogP contribution in [0.15, 0.2) is 16.6 Å². The van der Waals surface area contributed by atoms with Crippen LogP contribution in [0, 0.1) is 5.92 Å². The molecule has 0 bridgehead atoms. The first-order valence-electron chi connectivity index (χ1n) is 11.5. The van der Waals surface area contributed by atoms with Crippen molar-refractivity contribution in [2.75, 3.05) is 52.4 Å². The lowest BCUT2D eigenvalue weighted by Gasteiger charge is -2.38. The van der Waals surface area contributed by atoms with Crippen LogP contribution in [0.4, 0.5) is 0 Å². The molecule has 29 heavy (non-hydrogen) atoms. The maximum atomic E-state index is 12.3. The summed E-state index contributed by atoms with van der Waals surface area (Å²) in [5.41, 5.74) is 1.60. The van der Waals surface area contributed by atoms with Crippen molar-refractivity contribution in [1.29, 1.82) is 0 Å². The quantitative estimate of drug-likeness (QED) is 0.225. The lowest BCUT2D eigenvalue weighted by Crippen LogP contribution is -2.51. The third-order valence-electron chi connectivity index (χ3n) is 6.29. The number of amides is 1. The van der Waals surface area contributed by atoms with Gasteiger partial charge in [-0.2, -0.15) is 0 Å². The normalized spacial score (nSPS) is 21.1. The summed E-state index contributed by atoms with van der Waals surface area (Å²) in [7, 11) is 0. The average Bonchev–Trinajstić information content (AvgIpc) is 2.68. The zero-order valence-corrected chi connectivity index (χ0v) is 20.5. The molecule has 2 aliphatic carbocycles. The van der Waals surface area contributed by atoms with E-state index in [1.807, 2.05) is 0 Å². The second-order valence-corrected chi connectivity index (χ2v) is 8.34. The van der Waals surface area contributed by atoms with Crippen LogP contribution >= 0.6 is 24.0 Å². The van der Waals surface area contributed by atoms with Gasteiger partial charge in [-0.15, -0.1) is 24.0 Å². The van der Waals surface area contributed by atoms with Crippen molar-refractivity contribution < 1.29 is 4.79 Å². The number of rotatable bonds is 8. The average molecular weight is 518 g/mol. The molecule has 0 aromatic heterocycles. The topological polar surface area (TPSA) is 60.0 Å². The molecule has 7 heteroatoms. The van der Waals surface area contributed by atoms with Crippen LogP contribution in [0.1, 0.15) is 58.3 Å². The minimum atomic E-state index is 0. The van der Waals surface area contributed by atoms with Crippen LogP contribution in [0.25, 0.3) is 0 Å². The van der Waals surface area contributed by atoms with E-state index in [9.17, 15) is 4.79 Å². The molecule has 1 saturated carbocycles. The number of carbonyl (C=O) groups excluding carboxylic acids is 1. The highest BCUT2D eigenvalue weighted by Crippen LogP contribution is 2.28. The van der Waals surface area contributed by atoms with E-state index < -0.39 is 0 Å². The molecule has 0 radical (unpaired) electrons. The Kier molecular flexibility index (Phi) is 11.4. The minimum absolute atomic E-state index is 0. The summed E-state index contributed by atoms with van der Waals surface area (Å²) in [6, 6.07) is 0. The van der Waals surface area contributed by atoms with Gasteiger partial charge < -0.3 is 15.5 Å². The number of hydrogen-bond acceptors (Lipinski definition) is 3. The first-order chi connectivity index (χ1) is 13.8. The van der Waals surface area contributed by atoms with Crippen LogP contribution in [0.2, 0.25) is 0 Å². The Hall–Kier alpha value is -0.830. The van der Waals surface area contributed by atoms with Gasteiger partial charge in [-0.1, -0.05) is 18.1 Å². The number of piperazine rings is 1. The molecule has 0 unspecified atom stereocenters. The maximum absolute atomic E-state index is 12.3. The summed E-state index contributed by atoms with van der Waals surface area (Å²) >= 11 is 0. The number of nitrogens with zero attached hydrogens (tertiary/aromatic N) is 3. The van der Waals surface area contributed by atoms with Crippen LogP contribution < -0.4 is 10.6 Å². The second kappa shape index (κ2) is 13.5. The Morgan fingerprint density at radius 2 is 1.93 bits per heavy atom. The molecule has 3 rings (SSSR count). The first kappa shape index (κ1) is 24.4. The smallest absolute Gasteiger partial charge is 0.225 e. The Morgan fingerprint density at radius 3 is 2.55 bits per heavy atom. The molecule has 1 saturated heterocycles. The van der Waals surface area contributed by atoms with Gasteiger partial charge in [-0.3, -0.25) is 14.7 Å². The summed E-state index contributed by atoms with van der Waals surface area (Å²) in [6.45, 7) is 9.44. The molecule has 166 valence electrons. The van der Waals surface area contributed by atoms with Gasteiger partial charge in [0.05, 0.1) is 6.54 Å². The van der Waals surface area contributed by atoms with Crippen molar-refractivity contribution in [2.45, 2.75) is 58.3 Å². The molecule has 1 heterocycles. The van der Waals surface area contributed by atoms with Crippen LogP contribution in [-0.4, -0.2) is 74.0 Å². The molecule has 6 nitrogen and oxygen atoms in total. The second-order valence-electron chi connectivity index (χ2n) is 8.34. The van der Waals surface area contributed by atoms with Crippen molar-refractivity contribution in [1.82, 2.24) is 20.4 Å². The summed E-state index contributed by atoms with van der Waals surface area (Å²) in [4.78, 5) is 21.6. The highest BCUT2D eigenvalue weighted by Gasteiger charge is 2.30. The van der Waals surface area contributed by atoms with Crippen molar-refractivity contribution in [3.8, 4) is 0 Å². The molecule has 3 aliphatic rings. The lowest BCUT2D eigenvalue weighted by atomic mass is 9.84. The number of allylic oxidation sites excluding steroid dienone is 1.